The van der Waals surface area contributed by atoms with Crippen molar-refractivity contribution in [3.63, 3.8) is 0 Å². The third kappa shape index (κ3) is 4.18. The summed E-state index contributed by atoms with van der Waals surface area (Å²) in [4.78, 5) is 11.6. The van der Waals surface area contributed by atoms with Gasteiger partial charge in [-0.2, -0.15) is 0 Å². The van der Waals surface area contributed by atoms with Crippen LogP contribution in [0.1, 0.15) is 26.7 Å². The quantitative estimate of drug-likeness (QED) is 0.717. The molecule has 0 radical (unpaired) electrons. The van der Waals surface area contributed by atoms with Crippen molar-refractivity contribution < 1.29 is 9.53 Å². The van der Waals surface area contributed by atoms with E-state index < -0.39 is 0 Å². The van der Waals surface area contributed by atoms with Crippen molar-refractivity contribution in [1.82, 2.24) is 5.32 Å². The zero-order valence-electron chi connectivity index (χ0n) is 9.66. The van der Waals surface area contributed by atoms with Crippen molar-refractivity contribution in [1.29, 1.82) is 0 Å². The lowest BCUT2D eigenvalue weighted by molar-refractivity contribution is -0.123. The minimum Gasteiger partial charge on any atom is -0.381 e. The normalized spacial score (nSPS) is 20.3. The van der Waals surface area contributed by atoms with Crippen molar-refractivity contribution in [2.24, 2.45) is 17.6 Å². The standard InChI is InChI=1S/C11H22N2O2/c1-8(2)10(12)11(14)13-7-9-3-5-15-6-4-9/h8-10H,3-7,12H2,1-2H3,(H,13,14)/t10-/m1/s1. The highest BCUT2D eigenvalue weighted by atomic mass is 16.5. The van der Waals surface area contributed by atoms with Crippen LogP contribution in [0, 0.1) is 11.8 Å². The Morgan fingerprint density at radius 1 is 1.47 bits per heavy atom. The van der Waals surface area contributed by atoms with Gasteiger partial charge in [0.2, 0.25) is 5.91 Å². The zero-order valence-corrected chi connectivity index (χ0v) is 9.66. The Morgan fingerprint density at radius 2 is 2.07 bits per heavy atom. The molecule has 4 heteroatoms. The summed E-state index contributed by atoms with van der Waals surface area (Å²) in [5.74, 6) is 0.721. The number of amides is 1. The highest BCUT2D eigenvalue weighted by molar-refractivity contribution is 5.81. The van der Waals surface area contributed by atoms with Gasteiger partial charge in [-0.1, -0.05) is 13.8 Å². The van der Waals surface area contributed by atoms with E-state index in [1.807, 2.05) is 13.8 Å². The van der Waals surface area contributed by atoms with E-state index in [2.05, 4.69) is 5.32 Å². The van der Waals surface area contributed by atoms with Crippen molar-refractivity contribution in [3.8, 4) is 0 Å². The van der Waals surface area contributed by atoms with Crippen LogP contribution in [0.15, 0.2) is 0 Å². The topological polar surface area (TPSA) is 64.4 Å². The molecular weight excluding hydrogens is 192 g/mol. The molecule has 1 rings (SSSR count). The first kappa shape index (κ1) is 12.5. The van der Waals surface area contributed by atoms with E-state index in [4.69, 9.17) is 10.5 Å². The predicted molar refractivity (Wildman–Crippen MR) is 59.4 cm³/mol. The van der Waals surface area contributed by atoms with Crippen LogP contribution >= 0.6 is 0 Å². The van der Waals surface area contributed by atoms with E-state index in [0.717, 1.165) is 32.6 Å². The Labute approximate surface area is 91.5 Å². The number of ether oxygens (including phenoxy) is 1. The van der Waals surface area contributed by atoms with Crippen LogP contribution in [0.2, 0.25) is 0 Å². The van der Waals surface area contributed by atoms with Gasteiger partial charge >= 0.3 is 0 Å². The van der Waals surface area contributed by atoms with Gasteiger partial charge in [0.15, 0.2) is 0 Å². The van der Waals surface area contributed by atoms with Gasteiger partial charge in [0.25, 0.3) is 0 Å². The summed E-state index contributed by atoms with van der Waals surface area (Å²) in [5.41, 5.74) is 5.74. The molecule has 88 valence electrons. The van der Waals surface area contributed by atoms with Crippen molar-refractivity contribution in [2.45, 2.75) is 32.7 Å². The van der Waals surface area contributed by atoms with E-state index in [-0.39, 0.29) is 17.9 Å². The maximum Gasteiger partial charge on any atom is 0.237 e. The van der Waals surface area contributed by atoms with E-state index in [1.54, 1.807) is 0 Å². The summed E-state index contributed by atoms with van der Waals surface area (Å²) < 4.78 is 5.25. The van der Waals surface area contributed by atoms with Crippen molar-refractivity contribution in [2.75, 3.05) is 19.8 Å². The van der Waals surface area contributed by atoms with Crippen LogP contribution in [0.25, 0.3) is 0 Å². The molecule has 0 aromatic rings. The molecule has 1 heterocycles. The van der Waals surface area contributed by atoms with Gasteiger partial charge in [0.1, 0.15) is 0 Å². The smallest absolute Gasteiger partial charge is 0.237 e. The molecule has 0 unspecified atom stereocenters. The second kappa shape index (κ2) is 6.08. The lowest BCUT2D eigenvalue weighted by atomic mass is 9.99. The number of hydrogen-bond acceptors (Lipinski definition) is 3. The SMILES string of the molecule is CC(C)[C@@H](N)C(=O)NCC1CCOCC1. The minimum absolute atomic E-state index is 0.0310. The van der Waals surface area contributed by atoms with E-state index in [9.17, 15) is 4.79 Å². The molecule has 1 aliphatic rings. The fourth-order valence-electron chi connectivity index (χ4n) is 1.62. The molecule has 0 spiro atoms. The first-order chi connectivity index (χ1) is 7.11. The minimum atomic E-state index is -0.384. The molecule has 1 amide bonds. The first-order valence-electron chi connectivity index (χ1n) is 5.72. The fourth-order valence-corrected chi connectivity index (χ4v) is 1.62. The Morgan fingerprint density at radius 3 is 2.60 bits per heavy atom. The molecule has 1 atom stereocenters. The molecule has 15 heavy (non-hydrogen) atoms. The molecule has 1 saturated heterocycles. The third-order valence-corrected chi connectivity index (χ3v) is 2.93. The molecule has 1 fully saturated rings. The van der Waals surface area contributed by atoms with E-state index >= 15 is 0 Å². The van der Waals surface area contributed by atoms with Crippen LogP contribution in [0.5, 0.6) is 0 Å². The molecule has 0 aliphatic carbocycles. The van der Waals surface area contributed by atoms with Crippen LogP contribution in [-0.4, -0.2) is 31.7 Å². The summed E-state index contributed by atoms with van der Waals surface area (Å²) in [6.45, 7) is 6.29. The zero-order chi connectivity index (χ0) is 11.3. The van der Waals surface area contributed by atoms with Gasteiger partial charge in [-0.15, -0.1) is 0 Å². The van der Waals surface area contributed by atoms with Gasteiger partial charge < -0.3 is 15.8 Å². The van der Waals surface area contributed by atoms with Gasteiger partial charge in [-0.25, -0.2) is 0 Å². The number of carbonyl (C=O) groups is 1. The van der Waals surface area contributed by atoms with Crippen molar-refractivity contribution >= 4 is 5.91 Å². The van der Waals surface area contributed by atoms with Gasteiger partial charge in [-0.3, -0.25) is 4.79 Å². The number of nitrogens with one attached hydrogen (secondary N) is 1. The third-order valence-electron chi connectivity index (χ3n) is 2.93. The van der Waals surface area contributed by atoms with Gasteiger partial charge in [0, 0.05) is 19.8 Å². The monoisotopic (exact) mass is 214 g/mol. The number of hydrogen-bond donors (Lipinski definition) is 2. The summed E-state index contributed by atoms with van der Waals surface area (Å²) in [6, 6.07) is -0.384. The Hall–Kier alpha value is -0.610. The van der Waals surface area contributed by atoms with Gasteiger partial charge in [-0.05, 0) is 24.7 Å². The maximum absolute atomic E-state index is 11.6. The molecule has 0 aromatic carbocycles. The number of rotatable bonds is 4. The number of carbonyl (C=O) groups excluding carboxylic acids is 1. The fraction of sp³-hybridized carbons (Fsp3) is 0.909. The molecule has 1 aliphatic heterocycles. The van der Waals surface area contributed by atoms with Crippen LogP contribution < -0.4 is 11.1 Å². The Bertz CT molecular complexity index is 201. The average molecular weight is 214 g/mol. The molecular formula is C11H22N2O2. The molecule has 3 N–H and O–H groups in total. The Kier molecular flexibility index (Phi) is 5.05. The molecule has 0 saturated carbocycles. The second-order valence-corrected chi connectivity index (χ2v) is 4.57. The second-order valence-electron chi connectivity index (χ2n) is 4.57. The molecule has 0 aromatic heterocycles. The highest BCUT2D eigenvalue weighted by Gasteiger charge is 2.19. The van der Waals surface area contributed by atoms with Crippen molar-refractivity contribution in [3.05, 3.63) is 0 Å². The van der Waals surface area contributed by atoms with E-state index in [1.165, 1.54) is 0 Å². The van der Waals surface area contributed by atoms with Crippen LogP contribution in [0.4, 0.5) is 0 Å². The number of nitrogens with two attached hydrogens (primary N) is 1. The summed E-state index contributed by atoms with van der Waals surface area (Å²) in [6.07, 6.45) is 2.08. The summed E-state index contributed by atoms with van der Waals surface area (Å²) in [7, 11) is 0. The maximum atomic E-state index is 11.6. The summed E-state index contributed by atoms with van der Waals surface area (Å²) >= 11 is 0. The largest absolute Gasteiger partial charge is 0.381 e. The van der Waals surface area contributed by atoms with E-state index in [0.29, 0.717) is 5.92 Å². The highest BCUT2D eigenvalue weighted by Crippen LogP contribution is 2.13. The molecule has 4 nitrogen and oxygen atoms in total. The lowest BCUT2D eigenvalue weighted by Crippen LogP contribution is -2.45. The summed E-state index contributed by atoms with van der Waals surface area (Å²) in [5, 5.41) is 2.91. The molecule has 0 bridgehead atoms. The van der Waals surface area contributed by atoms with Crippen LogP contribution in [-0.2, 0) is 9.53 Å². The lowest BCUT2D eigenvalue weighted by Gasteiger charge is -2.23. The van der Waals surface area contributed by atoms with Crippen LogP contribution in [0.3, 0.4) is 0 Å². The Balaban J connectivity index is 2.20. The average Bonchev–Trinajstić information content (AvgIpc) is 2.26. The predicted octanol–water partition coefficient (Wildman–Crippen LogP) is 0.513. The van der Waals surface area contributed by atoms with Gasteiger partial charge in [0.05, 0.1) is 6.04 Å². The first-order valence-corrected chi connectivity index (χ1v) is 5.72.